The molecule has 5 N–H and O–H groups in total. The third kappa shape index (κ3) is 11.9. The Balaban J connectivity index is 1.15. The molecule has 2 aromatic carbocycles. The number of aromatic nitrogens is 2. The van der Waals surface area contributed by atoms with E-state index in [-0.39, 0.29) is 75.3 Å². The van der Waals surface area contributed by atoms with E-state index in [1.807, 2.05) is 30.3 Å². The van der Waals surface area contributed by atoms with Crippen molar-refractivity contribution in [1.82, 2.24) is 30.0 Å². The van der Waals surface area contributed by atoms with Crippen molar-refractivity contribution < 1.29 is 56.5 Å². The Hall–Kier alpha value is -5.02. The number of carbonyl (C=O) groups is 5. The molecule has 4 heterocycles. The standard InChI is InChI=1S/C42H52F3N7O9S/c1-25(61-42(58)48-11-15-60-16-12-51-36(53)18-35(40(51)55)62-24-33(46)41(56)57)39(54)52(22-28-19-47-20-32(28)45)37(27-9-13-59-14-10-27)38-49-34(30-17-29(43)7-8-31(30)44)23-50(38)21-26-5-3-2-4-6-26/h2-8,17,23,25,27-28,32-33,35,37,47H,9-16,18-22,24,46H2,1H3,(H,48,58)(H,56,57)/t25-,28-,32-,33-,35?,37+/m0/s1. The molecule has 1 unspecified atom stereocenters. The van der Waals surface area contributed by atoms with Crippen LogP contribution < -0.4 is 16.4 Å². The summed E-state index contributed by atoms with van der Waals surface area (Å²) in [7, 11) is 0. The maximum Gasteiger partial charge on any atom is 0.407 e. The number of imide groups is 1. The van der Waals surface area contributed by atoms with Crippen LogP contribution in [-0.2, 0) is 39.9 Å². The van der Waals surface area contributed by atoms with Gasteiger partial charge in [-0.3, -0.25) is 24.1 Å². The van der Waals surface area contributed by atoms with Crippen molar-refractivity contribution in [2.45, 2.75) is 62.3 Å². The number of nitrogens with zero attached hydrogens (tertiary/aromatic N) is 4. The number of carboxylic acids is 1. The number of alkyl carbamates (subject to hydrolysis) is 1. The van der Waals surface area contributed by atoms with E-state index in [1.54, 1.807) is 10.8 Å². The number of hydrogen-bond donors (Lipinski definition) is 4. The molecule has 4 amide bonds. The first-order valence-corrected chi connectivity index (χ1v) is 21.6. The van der Waals surface area contributed by atoms with Crippen molar-refractivity contribution in [3.05, 3.63) is 77.8 Å². The van der Waals surface area contributed by atoms with Crippen LogP contribution in [0.1, 0.15) is 43.6 Å². The molecule has 0 bridgehead atoms. The summed E-state index contributed by atoms with van der Waals surface area (Å²) in [6, 6.07) is 10.5. The van der Waals surface area contributed by atoms with E-state index in [4.69, 9.17) is 30.0 Å². The van der Waals surface area contributed by atoms with Crippen LogP contribution in [0.25, 0.3) is 11.3 Å². The zero-order valence-electron chi connectivity index (χ0n) is 34.3. The first-order chi connectivity index (χ1) is 29.8. The van der Waals surface area contributed by atoms with Gasteiger partial charge in [-0.1, -0.05) is 30.3 Å². The lowest BCUT2D eigenvalue weighted by atomic mass is 9.88. The molecular weight excluding hydrogens is 836 g/mol. The number of nitrogens with two attached hydrogens (primary N) is 1. The number of halogens is 3. The summed E-state index contributed by atoms with van der Waals surface area (Å²) < 4.78 is 63.8. The number of thioether (sulfide) groups is 1. The summed E-state index contributed by atoms with van der Waals surface area (Å²) in [4.78, 5) is 71.3. The molecule has 0 spiro atoms. The summed E-state index contributed by atoms with van der Waals surface area (Å²) in [5.74, 6) is -4.55. The Morgan fingerprint density at radius 2 is 1.87 bits per heavy atom. The molecule has 16 nitrogen and oxygen atoms in total. The lowest BCUT2D eigenvalue weighted by molar-refractivity contribution is -0.146. The van der Waals surface area contributed by atoms with Gasteiger partial charge in [0.2, 0.25) is 11.8 Å². The number of nitrogens with one attached hydrogen (secondary N) is 2. The van der Waals surface area contributed by atoms with Crippen molar-refractivity contribution in [3.63, 3.8) is 0 Å². The minimum absolute atomic E-state index is 0.0257. The topological polar surface area (TPSA) is 208 Å². The highest BCUT2D eigenvalue weighted by molar-refractivity contribution is 8.00. The summed E-state index contributed by atoms with van der Waals surface area (Å²) in [6.45, 7) is 2.64. The fourth-order valence-electron chi connectivity index (χ4n) is 7.78. The number of rotatable bonds is 20. The van der Waals surface area contributed by atoms with Crippen LogP contribution in [0.4, 0.5) is 18.0 Å². The Morgan fingerprint density at radius 3 is 2.58 bits per heavy atom. The zero-order valence-corrected chi connectivity index (χ0v) is 35.1. The van der Waals surface area contributed by atoms with Gasteiger partial charge in [0.25, 0.3) is 5.91 Å². The molecule has 20 heteroatoms. The molecule has 3 fully saturated rings. The van der Waals surface area contributed by atoms with Crippen LogP contribution >= 0.6 is 11.8 Å². The molecule has 1 aromatic heterocycles. The second-order valence-corrected chi connectivity index (χ2v) is 16.7. The lowest BCUT2D eigenvalue weighted by Gasteiger charge is -2.40. The number of alkyl halides is 1. The smallest absolute Gasteiger partial charge is 0.407 e. The van der Waals surface area contributed by atoms with Gasteiger partial charge in [0.15, 0.2) is 6.10 Å². The fourth-order valence-corrected chi connectivity index (χ4v) is 8.90. The molecule has 62 heavy (non-hydrogen) atoms. The molecule has 0 aliphatic carbocycles. The summed E-state index contributed by atoms with van der Waals surface area (Å²) >= 11 is 1.01. The number of carbonyl (C=O) groups excluding carboxylic acids is 4. The summed E-state index contributed by atoms with van der Waals surface area (Å²) in [5, 5.41) is 13.8. The van der Waals surface area contributed by atoms with Crippen molar-refractivity contribution in [2.75, 3.05) is 64.9 Å². The molecule has 3 aliphatic rings. The largest absolute Gasteiger partial charge is 0.480 e. The Bertz CT molecular complexity index is 2040. The number of amides is 4. The number of imidazole rings is 1. The summed E-state index contributed by atoms with van der Waals surface area (Å²) in [5.41, 5.74) is 6.47. The number of benzene rings is 2. The van der Waals surface area contributed by atoms with E-state index in [2.05, 4.69) is 10.6 Å². The number of ether oxygens (including phenoxy) is 3. The quantitative estimate of drug-likeness (QED) is 0.0952. The van der Waals surface area contributed by atoms with Gasteiger partial charge >= 0.3 is 12.1 Å². The molecule has 0 radical (unpaired) electrons. The first-order valence-electron chi connectivity index (χ1n) is 20.6. The first kappa shape index (κ1) is 46.5. The number of hydrogen-bond acceptors (Lipinski definition) is 12. The molecule has 3 saturated heterocycles. The van der Waals surface area contributed by atoms with Crippen LogP contribution in [0.2, 0.25) is 0 Å². The van der Waals surface area contributed by atoms with E-state index in [9.17, 15) is 28.4 Å². The van der Waals surface area contributed by atoms with Crippen LogP contribution in [-0.4, -0.2) is 143 Å². The third-order valence-corrected chi connectivity index (χ3v) is 12.4. The van der Waals surface area contributed by atoms with Gasteiger partial charge in [0.1, 0.15) is 29.7 Å². The number of likely N-dealkylation sites (tertiary alicyclic amines) is 1. The van der Waals surface area contributed by atoms with Crippen molar-refractivity contribution >= 4 is 41.5 Å². The highest BCUT2D eigenvalue weighted by atomic mass is 32.2. The van der Waals surface area contributed by atoms with E-state index >= 15 is 8.78 Å². The van der Waals surface area contributed by atoms with E-state index in [1.165, 1.54) is 11.8 Å². The molecule has 0 saturated carbocycles. The number of aliphatic carboxylic acids is 1. The Labute approximate surface area is 361 Å². The second-order valence-electron chi connectivity index (χ2n) is 15.5. The van der Waals surface area contributed by atoms with Gasteiger partial charge in [-0.2, -0.15) is 0 Å². The van der Waals surface area contributed by atoms with Crippen LogP contribution in [0, 0.1) is 23.5 Å². The molecular formula is C42H52F3N7O9S. The van der Waals surface area contributed by atoms with Gasteiger partial charge in [-0.05, 0) is 49.4 Å². The highest BCUT2D eigenvalue weighted by Gasteiger charge is 2.42. The average molecular weight is 888 g/mol. The zero-order chi connectivity index (χ0) is 44.3. The van der Waals surface area contributed by atoms with Crippen molar-refractivity contribution in [3.8, 4) is 11.3 Å². The number of carboxylic acid groups (broad SMARTS) is 1. The Morgan fingerprint density at radius 1 is 1.11 bits per heavy atom. The molecule has 6 rings (SSSR count). The predicted octanol–water partition coefficient (Wildman–Crippen LogP) is 3.13. The SMILES string of the molecule is C[C@H](OC(=O)NCCOCCN1C(=O)CC(SC[C@H](N)C(=O)O)C1=O)C(=O)N(C[C@@H]1CNC[C@@H]1F)[C@@H](c1nc(-c2cc(F)ccc2F)cn1Cc1ccccc1)C1CCOCC1. The molecule has 3 aliphatic heterocycles. The third-order valence-electron chi connectivity index (χ3n) is 11.1. The fraction of sp³-hybridized carbons (Fsp3) is 0.524. The molecule has 3 aromatic rings. The van der Waals surface area contributed by atoms with E-state index in [0.29, 0.717) is 38.4 Å². The van der Waals surface area contributed by atoms with E-state index < -0.39 is 76.9 Å². The lowest BCUT2D eigenvalue weighted by Crippen LogP contribution is -2.49. The summed E-state index contributed by atoms with van der Waals surface area (Å²) in [6.07, 6.45) is -0.993. The van der Waals surface area contributed by atoms with Crippen molar-refractivity contribution in [2.24, 2.45) is 17.6 Å². The van der Waals surface area contributed by atoms with Gasteiger partial charge in [0, 0.05) is 75.8 Å². The van der Waals surface area contributed by atoms with E-state index in [0.717, 1.165) is 40.4 Å². The minimum atomic E-state index is -1.36. The highest BCUT2D eigenvalue weighted by Crippen LogP contribution is 2.38. The van der Waals surface area contributed by atoms with Crippen molar-refractivity contribution in [1.29, 1.82) is 0 Å². The van der Waals surface area contributed by atoms with Gasteiger partial charge < -0.3 is 45.2 Å². The van der Waals surface area contributed by atoms with Gasteiger partial charge in [-0.15, -0.1) is 11.8 Å². The molecule has 336 valence electrons. The molecule has 6 atom stereocenters. The van der Waals surface area contributed by atoms with Crippen LogP contribution in [0.5, 0.6) is 0 Å². The monoisotopic (exact) mass is 887 g/mol. The Kier molecular flexibility index (Phi) is 16.4. The minimum Gasteiger partial charge on any atom is -0.480 e. The van der Waals surface area contributed by atoms with Gasteiger partial charge in [0.05, 0.1) is 36.7 Å². The second kappa shape index (κ2) is 21.9. The average Bonchev–Trinajstić information content (AvgIpc) is 3.94. The maximum atomic E-state index is 15.4. The predicted molar refractivity (Wildman–Crippen MR) is 220 cm³/mol. The van der Waals surface area contributed by atoms with Crippen LogP contribution in [0.3, 0.4) is 0 Å². The van der Waals surface area contributed by atoms with Gasteiger partial charge in [-0.25, -0.2) is 22.9 Å². The maximum absolute atomic E-state index is 15.4. The normalized spacial score (nSPS) is 20.9. The van der Waals surface area contributed by atoms with Crippen LogP contribution in [0.15, 0.2) is 54.7 Å².